The van der Waals surface area contributed by atoms with Gasteiger partial charge in [-0.2, -0.15) is 0 Å². The third-order valence-electron chi connectivity index (χ3n) is 1.40. The molecular formula is C5H8NO2-. The van der Waals surface area contributed by atoms with Gasteiger partial charge in [-0.3, -0.25) is 0 Å². The van der Waals surface area contributed by atoms with Crippen LogP contribution in [0.15, 0.2) is 0 Å². The van der Waals surface area contributed by atoms with Gasteiger partial charge in [0.05, 0.1) is 0 Å². The molecule has 0 unspecified atom stereocenters. The smallest absolute Gasteiger partial charge is 0.134 e. The van der Waals surface area contributed by atoms with Crippen LogP contribution >= 0.6 is 0 Å². The fraction of sp³-hybridized carbons (Fsp3) is 0.800. The summed E-state index contributed by atoms with van der Waals surface area (Å²) in [6, 6.07) is 0. The fourth-order valence-corrected chi connectivity index (χ4v) is 0.559. The predicted molar refractivity (Wildman–Crippen MR) is 26.2 cm³/mol. The highest BCUT2D eigenvalue weighted by atomic mass is 16.4. The molecule has 8 heavy (non-hydrogen) atoms. The highest BCUT2D eigenvalue weighted by Crippen LogP contribution is 2.33. The first-order valence-electron chi connectivity index (χ1n) is 2.62. The lowest BCUT2D eigenvalue weighted by atomic mass is 10.3. The first-order valence-corrected chi connectivity index (χ1v) is 2.62. The second kappa shape index (κ2) is 1.37. The third kappa shape index (κ3) is 1.12. The van der Waals surface area contributed by atoms with Crippen molar-refractivity contribution >= 4 is 6.09 Å². The summed E-state index contributed by atoms with van der Waals surface area (Å²) in [6.45, 7) is 1.86. The number of carboxylic acid groups (broad SMARTS) is 1. The minimum absolute atomic E-state index is 0.140. The molecule has 1 saturated carbocycles. The number of amides is 1. The Balaban J connectivity index is 2.29. The molecule has 1 fully saturated rings. The molecule has 0 spiro atoms. The Bertz CT molecular complexity index is 118. The SMILES string of the molecule is CC1(NC(=O)[O-])CC1. The van der Waals surface area contributed by atoms with Gasteiger partial charge in [0.25, 0.3) is 0 Å². The molecule has 1 aliphatic rings. The third-order valence-corrected chi connectivity index (χ3v) is 1.40. The summed E-state index contributed by atoms with van der Waals surface area (Å²) in [5.74, 6) is 0. The van der Waals surface area contributed by atoms with Crippen molar-refractivity contribution in [3.8, 4) is 0 Å². The summed E-state index contributed by atoms with van der Waals surface area (Å²) in [7, 11) is 0. The van der Waals surface area contributed by atoms with Gasteiger partial charge in [-0.15, -0.1) is 0 Å². The number of hydrogen-bond donors (Lipinski definition) is 1. The highest BCUT2D eigenvalue weighted by Gasteiger charge is 2.36. The summed E-state index contributed by atoms with van der Waals surface area (Å²) >= 11 is 0. The zero-order chi connectivity index (χ0) is 6.20. The van der Waals surface area contributed by atoms with Crippen molar-refractivity contribution < 1.29 is 9.90 Å². The topological polar surface area (TPSA) is 52.2 Å². The molecule has 0 atom stereocenters. The first kappa shape index (κ1) is 5.41. The summed E-state index contributed by atoms with van der Waals surface area (Å²) in [4.78, 5) is 9.83. The number of carbonyl (C=O) groups is 1. The van der Waals surface area contributed by atoms with Crippen molar-refractivity contribution in [3.05, 3.63) is 0 Å². The van der Waals surface area contributed by atoms with E-state index in [2.05, 4.69) is 5.32 Å². The lowest BCUT2D eigenvalue weighted by Crippen LogP contribution is -2.43. The second-order valence-corrected chi connectivity index (χ2v) is 2.47. The van der Waals surface area contributed by atoms with Crippen LogP contribution in [0.4, 0.5) is 4.79 Å². The van der Waals surface area contributed by atoms with Gasteiger partial charge in [0.15, 0.2) is 0 Å². The van der Waals surface area contributed by atoms with Gasteiger partial charge in [-0.25, -0.2) is 0 Å². The zero-order valence-electron chi connectivity index (χ0n) is 4.73. The molecule has 0 aromatic rings. The molecule has 0 aromatic heterocycles. The van der Waals surface area contributed by atoms with E-state index < -0.39 is 6.09 Å². The monoisotopic (exact) mass is 114 g/mol. The quantitative estimate of drug-likeness (QED) is 0.498. The molecule has 3 heteroatoms. The molecule has 0 aliphatic heterocycles. The van der Waals surface area contributed by atoms with E-state index in [4.69, 9.17) is 0 Å². The molecule has 1 N–H and O–H groups in total. The van der Waals surface area contributed by atoms with Crippen molar-refractivity contribution in [2.45, 2.75) is 25.3 Å². The zero-order valence-corrected chi connectivity index (χ0v) is 4.73. The van der Waals surface area contributed by atoms with Gasteiger partial charge in [-0.05, 0) is 19.8 Å². The maximum absolute atomic E-state index is 9.83. The lowest BCUT2D eigenvalue weighted by Gasteiger charge is -2.11. The van der Waals surface area contributed by atoms with Crippen LogP contribution in [-0.2, 0) is 0 Å². The Kier molecular flexibility index (Phi) is 0.927. The van der Waals surface area contributed by atoms with Gasteiger partial charge in [0, 0.05) is 5.54 Å². The molecule has 0 radical (unpaired) electrons. The highest BCUT2D eigenvalue weighted by molar-refractivity contribution is 5.63. The molecular weight excluding hydrogens is 106 g/mol. The van der Waals surface area contributed by atoms with Gasteiger partial charge < -0.3 is 15.2 Å². The minimum atomic E-state index is -1.16. The van der Waals surface area contributed by atoms with Crippen molar-refractivity contribution in [1.82, 2.24) is 5.32 Å². The van der Waals surface area contributed by atoms with E-state index in [-0.39, 0.29) is 5.54 Å². The van der Waals surface area contributed by atoms with E-state index in [1.54, 1.807) is 0 Å². The Morgan fingerprint density at radius 1 is 1.75 bits per heavy atom. The summed E-state index contributed by atoms with van der Waals surface area (Å²) in [6.07, 6.45) is 0.729. The fourth-order valence-electron chi connectivity index (χ4n) is 0.559. The second-order valence-electron chi connectivity index (χ2n) is 2.47. The van der Waals surface area contributed by atoms with Crippen LogP contribution in [0, 0.1) is 0 Å². The standard InChI is InChI=1S/C5H9NO2/c1-5(2-3-5)6-4(7)8/h6H,2-3H2,1H3,(H,7,8)/p-1. The van der Waals surface area contributed by atoms with Gasteiger partial charge in [0.2, 0.25) is 0 Å². The molecule has 0 heterocycles. The number of rotatable bonds is 1. The Labute approximate surface area is 47.7 Å². The van der Waals surface area contributed by atoms with Crippen LogP contribution in [0.1, 0.15) is 19.8 Å². The first-order chi connectivity index (χ1) is 3.62. The molecule has 0 saturated heterocycles. The molecule has 0 bridgehead atoms. The van der Waals surface area contributed by atoms with Crippen LogP contribution < -0.4 is 10.4 Å². The van der Waals surface area contributed by atoms with Crippen molar-refractivity contribution in [2.75, 3.05) is 0 Å². The number of nitrogens with one attached hydrogen (secondary N) is 1. The Morgan fingerprint density at radius 3 is 2.38 bits per heavy atom. The average molecular weight is 114 g/mol. The van der Waals surface area contributed by atoms with E-state index in [9.17, 15) is 9.90 Å². The molecule has 1 aliphatic carbocycles. The van der Waals surface area contributed by atoms with Crippen molar-refractivity contribution in [1.29, 1.82) is 0 Å². The van der Waals surface area contributed by atoms with E-state index in [0.717, 1.165) is 12.8 Å². The van der Waals surface area contributed by atoms with E-state index in [0.29, 0.717) is 0 Å². The van der Waals surface area contributed by atoms with Crippen molar-refractivity contribution in [2.24, 2.45) is 0 Å². The van der Waals surface area contributed by atoms with Crippen LogP contribution in [0.2, 0.25) is 0 Å². The summed E-state index contributed by atoms with van der Waals surface area (Å²) in [5, 5.41) is 12.1. The van der Waals surface area contributed by atoms with Crippen LogP contribution in [0.5, 0.6) is 0 Å². The largest absolute Gasteiger partial charge is 0.530 e. The van der Waals surface area contributed by atoms with E-state index in [1.807, 2.05) is 6.92 Å². The molecule has 3 nitrogen and oxygen atoms in total. The van der Waals surface area contributed by atoms with Crippen LogP contribution in [0.25, 0.3) is 0 Å². The predicted octanol–water partition coefficient (Wildman–Crippen LogP) is -0.528. The molecule has 0 aromatic carbocycles. The van der Waals surface area contributed by atoms with Gasteiger partial charge in [-0.1, -0.05) is 0 Å². The molecule has 1 rings (SSSR count). The van der Waals surface area contributed by atoms with E-state index in [1.165, 1.54) is 0 Å². The molecule has 46 valence electrons. The number of carbonyl (C=O) groups excluding carboxylic acids is 1. The van der Waals surface area contributed by atoms with Crippen molar-refractivity contribution in [3.63, 3.8) is 0 Å². The van der Waals surface area contributed by atoms with Gasteiger partial charge in [0.1, 0.15) is 6.09 Å². The normalized spacial score (nSPS) is 22.1. The number of hydrogen-bond acceptors (Lipinski definition) is 2. The Morgan fingerprint density at radius 2 is 2.25 bits per heavy atom. The lowest BCUT2D eigenvalue weighted by molar-refractivity contribution is -0.251. The summed E-state index contributed by atoms with van der Waals surface area (Å²) in [5.41, 5.74) is -0.140. The average Bonchev–Trinajstić information content (AvgIpc) is 2.17. The van der Waals surface area contributed by atoms with Crippen LogP contribution in [0.3, 0.4) is 0 Å². The Hall–Kier alpha value is -0.730. The summed E-state index contributed by atoms with van der Waals surface area (Å²) < 4.78 is 0. The molecule has 1 amide bonds. The minimum Gasteiger partial charge on any atom is -0.530 e. The van der Waals surface area contributed by atoms with Crippen LogP contribution in [-0.4, -0.2) is 11.6 Å². The maximum atomic E-state index is 9.83. The maximum Gasteiger partial charge on any atom is 0.134 e. The van der Waals surface area contributed by atoms with E-state index >= 15 is 0 Å². The van der Waals surface area contributed by atoms with Gasteiger partial charge >= 0.3 is 0 Å².